The Labute approximate surface area is 136 Å². The lowest BCUT2D eigenvalue weighted by Gasteiger charge is -2.13. The van der Waals surface area contributed by atoms with Crippen molar-refractivity contribution in [1.82, 2.24) is 15.1 Å². The molecule has 5 nitrogen and oxygen atoms in total. The third-order valence-corrected chi connectivity index (χ3v) is 4.69. The maximum absolute atomic E-state index is 12.4. The molecule has 1 fully saturated rings. The summed E-state index contributed by atoms with van der Waals surface area (Å²) < 4.78 is 2.00. The molecule has 23 heavy (non-hydrogen) atoms. The molecular formula is C18H23N3O2. The topological polar surface area (TPSA) is 67.2 Å². The van der Waals surface area contributed by atoms with Crippen LogP contribution in [0.1, 0.15) is 58.9 Å². The first kappa shape index (κ1) is 15.7. The van der Waals surface area contributed by atoms with Crippen molar-refractivity contribution in [3.63, 3.8) is 0 Å². The molecular weight excluding hydrogens is 290 g/mol. The summed E-state index contributed by atoms with van der Waals surface area (Å²) in [6, 6.07) is 8.01. The monoisotopic (exact) mass is 313 g/mol. The van der Waals surface area contributed by atoms with Crippen LogP contribution in [0.15, 0.2) is 30.5 Å². The van der Waals surface area contributed by atoms with Crippen molar-refractivity contribution in [1.29, 1.82) is 0 Å². The van der Waals surface area contributed by atoms with Gasteiger partial charge >= 0.3 is 0 Å². The highest BCUT2D eigenvalue weighted by Gasteiger charge is 2.22. The Balaban J connectivity index is 1.69. The lowest BCUT2D eigenvalue weighted by atomic mass is 10.1. The average molecular weight is 313 g/mol. The molecule has 3 rings (SSSR count). The van der Waals surface area contributed by atoms with Crippen LogP contribution in [-0.2, 0) is 13.2 Å². The molecule has 0 saturated heterocycles. The van der Waals surface area contributed by atoms with E-state index in [0.29, 0.717) is 18.2 Å². The average Bonchev–Trinajstić information content (AvgIpc) is 3.22. The van der Waals surface area contributed by atoms with Gasteiger partial charge in [0.2, 0.25) is 0 Å². The number of carbonyl (C=O) groups excluding carboxylic acids is 1. The molecule has 1 aromatic heterocycles. The number of benzene rings is 1. The Morgan fingerprint density at radius 1 is 1.30 bits per heavy atom. The quantitative estimate of drug-likeness (QED) is 0.892. The molecule has 0 radical (unpaired) electrons. The van der Waals surface area contributed by atoms with Crippen molar-refractivity contribution < 1.29 is 9.90 Å². The predicted octanol–water partition coefficient (Wildman–Crippen LogP) is 2.73. The van der Waals surface area contributed by atoms with Gasteiger partial charge in [-0.25, -0.2) is 0 Å². The number of nitrogens with zero attached hydrogens (tertiary/aromatic N) is 2. The van der Waals surface area contributed by atoms with Gasteiger partial charge in [-0.05, 0) is 30.9 Å². The second-order valence-electron chi connectivity index (χ2n) is 6.14. The lowest BCUT2D eigenvalue weighted by Crippen LogP contribution is -2.24. The summed E-state index contributed by atoms with van der Waals surface area (Å²) in [6.07, 6.45) is 6.44. The summed E-state index contributed by atoms with van der Waals surface area (Å²) in [5, 5.41) is 16.7. The molecule has 0 spiro atoms. The Morgan fingerprint density at radius 2 is 2.00 bits per heavy atom. The van der Waals surface area contributed by atoms with Gasteiger partial charge in [-0.2, -0.15) is 5.10 Å². The van der Waals surface area contributed by atoms with E-state index in [1.807, 2.05) is 35.9 Å². The van der Waals surface area contributed by atoms with Crippen molar-refractivity contribution in [2.45, 2.75) is 51.8 Å². The van der Waals surface area contributed by atoms with Crippen LogP contribution in [0.25, 0.3) is 0 Å². The van der Waals surface area contributed by atoms with Crippen molar-refractivity contribution in [3.05, 3.63) is 52.8 Å². The van der Waals surface area contributed by atoms with Crippen LogP contribution < -0.4 is 5.32 Å². The lowest BCUT2D eigenvalue weighted by molar-refractivity contribution is 0.0949. The van der Waals surface area contributed by atoms with Gasteiger partial charge in [0.05, 0.1) is 24.4 Å². The fourth-order valence-electron chi connectivity index (χ4n) is 3.32. The van der Waals surface area contributed by atoms with Crippen molar-refractivity contribution in [2.24, 2.45) is 0 Å². The van der Waals surface area contributed by atoms with E-state index < -0.39 is 0 Å². The normalized spacial score (nSPS) is 15.0. The van der Waals surface area contributed by atoms with E-state index in [2.05, 4.69) is 10.4 Å². The van der Waals surface area contributed by atoms with Crippen LogP contribution in [0.3, 0.4) is 0 Å². The zero-order chi connectivity index (χ0) is 16.2. The van der Waals surface area contributed by atoms with Crippen LogP contribution in [0.5, 0.6) is 0 Å². The number of aliphatic hydroxyl groups excluding tert-OH is 1. The number of hydrogen-bond acceptors (Lipinski definition) is 3. The molecule has 0 bridgehead atoms. The van der Waals surface area contributed by atoms with Gasteiger partial charge < -0.3 is 10.4 Å². The molecule has 1 amide bonds. The molecule has 1 saturated carbocycles. The number of amides is 1. The Hall–Kier alpha value is -2.14. The number of rotatable bonds is 5. The van der Waals surface area contributed by atoms with E-state index in [0.717, 1.165) is 29.7 Å². The maximum atomic E-state index is 12.4. The minimum absolute atomic E-state index is 0.0231. The molecule has 1 aliphatic carbocycles. The van der Waals surface area contributed by atoms with Crippen LogP contribution in [0, 0.1) is 6.92 Å². The van der Waals surface area contributed by atoms with Gasteiger partial charge in [0.1, 0.15) is 0 Å². The summed E-state index contributed by atoms with van der Waals surface area (Å²) in [4.78, 5) is 12.4. The van der Waals surface area contributed by atoms with Gasteiger partial charge in [-0.3, -0.25) is 9.48 Å². The molecule has 5 heteroatoms. The molecule has 1 aromatic carbocycles. The third-order valence-electron chi connectivity index (χ3n) is 4.69. The van der Waals surface area contributed by atoms with E-state index in [-0.39, 0.29) is 12.5 Å². The van der Waals surface area contributed by atoms with E-state index in [4.69, 9.17) is 0 Å². The summed E-state index contributed by atoms with van der Waals surface area (Å²) in [5.41, 5.74) is 3.35. The van der Waals surface area contributed by atoms with Gasteiger partial charge in [0, 0.05) is 12.2 Å². The largest absolute Gasteiger partial charge is 0.392 e. The number of carbonyl (C=O) groups is 1. The second kappa shape index (κ2) is 6.96. The van der Waals surface area contributed by atoms with Crippen LogP contribution in [0.2, 0.25) is 0 Å². The van der Waals surface area contributed by atoms with Gasteiger partial charge in [0.15, 0.2) is 0 Å². The smallest absolute Gasteiger partial charge is 0.255 e. The number of aliphatic hydroxyl groups is 1. The zero-order valence-electron chi connectivity index (χ0n) is 13.5. The van der Waals surface area contributed by atoms with Crippen molar-refractivity contribution >= 4 is 5.91 Å². The second-order valence-corrected chi connectivity index (χ2v) is 6.14. The molecule has 0 unspecified atom stereocenters. The molecule has 1 heterocycles. The van der Waals surface area contributed by atoms with Crippen molar-refractivity contribution in [2.75, 3.05) is 0 Å². The molecule has 0 atom stereocenters. The third kappa shape index (κ3) is 3.29. The highest BCUT2D eigenvalue weighted by Crippen LogP contribution is 2.30. The minimum atomic E-state index is -0.112. The minimum Gasteiger partial charge on any atom is -0.392 e. The fourth-order valence-corrected chi connectivity index (χ4v) is 3.32. The number of aromatic nitrogens is 2. The zero-order valence-corrected chi connectivity index (χ0v) is 13.5. The first-order valence-corrected chi connectivity index (χ1v) is 8.20. The fraction of sp³-hybridized carbons (Fsp3) is 0.444. The maximum Gasteiger partial charge on any atom is 0.255 e. The molecule has 1 aliphatic rings. The van der Waals surface area contributed by atoms with Crippen LogP contribution in [0.4, 0.5) is 0 Å². The summed E-state index contributed by atoms with van der Waals surface area (Å²) in [6.45, 7) is 2.34. The first-order chi connectivity index (χ1) is 11.2. The van der Waals surface area contributed by atoms with E-state index in [1.165, 1.54) is 12.8 Å². The van der Waals surface area contributed by atoms with Gasteiger partial charge in [-0.1, -0.05) is 37.1 Å². The molecule has 2 N–H and O–H groups in total. The highest BCUT2D eigenvalue weighted by atomic mass is 16.3. The predicted molar refractivity (Wildman–Crippen MR) is 88.0 cm³/mol. The van der Waals surface area contributed by atoms with Crippen molar-refractivity contribution in [3.8, 4) is 0 Å². The molecule has 122 valence electrons. The Morgan fingerprint density at radius 3 is 2.70 bits per heavy atom. The van der Waals surface area contributed by atoms with Gasteiger partial charge in [-0.15, -0.1) is 0 Å². The standard InChI is InChI=1S/C18H23N3O2/c1-13-17(11-20-21(13)16-8-4-5-9-16)18(23)19-10-14-6-2-3-7-15(14)12-22/h2-3,6-7,11,16,22H,4-5,8-10,12H2,1H3,(H,19,23). The highest BCUT2D eigenvalue weighted by molar-refractivity contribution is 5.95. The Kier molecular flexibility index (Phi) is 4.76. The van der Waals surface area contributed by atoms with Crippen LogP contribution >= 0.6 is 0 Å². The van der Waals surface area contributed by atoms with E-state index in [1.54, 1.807) is 6.20 Å². The summed E-state index contributed by atoms with van der Waals surface area (Å²) in [7, 11) is 0. The molecule has 2 aromatic rings. The van der Waals surface area contributed by atoms with E-state index >= 15 is 0 Å². The molecule has 0 aliphatic heterocycles. The number of hydrogen-bond donors (Lipinski definition) is 2. The first-order valence-electron chi connectivity index (χ1n) is 8.20. The van der Waals surface area contributed by atoms with Gasteiger partial charge in [0.25, 0.3) is 5.91 Å². The van der Waals surface area contributed by atoms with E-state index in [9.17, 15) is 9.90 Å². The Bertz CT molecular complexity index is 687. The SMILES string of the molecule is Cc1c(C(=O)NCc2ccccc2CO)cnn1C1CCCC1. The van der Waals surface area contributed by atoms with Crippen LogP contribution in [-0.4, -0.2) is 20.8 Å². The summed E-state index contributed by atoms with van der Waals surface area (Å²) >= 11 is 0. The number of nitrogens with one attached hydrogen (secondary N) is 1. The summed E-state index contributed by atoms with van der Waals surface area (Å²) in [5.74, 6) is -0.112.